The Labute approximate surface area is 224 Å². The highest BCUT2D eigenvalue weighted by molar-refractivity contribution is 6.12. The van der Waals surface area contributed by atoms with Gasteiger partial charge in [-0.25, -0.2) is 13.2 Å². The number of fused-ring (bicyclic) bond motifs is 2. The van der Waals surface area contributed by atoms with Crippen molar-refractivity contribution in [2.24, 2.45) is 5.16 Å². The lowest BCUT2D eigenvalue weighted by Gasteiger charge is -2.39. The first-order valence-electron chi connectivity index (χ1n) is 12.9. The molecular formula is C29H30F3N3O4. The van der Waals surface area contributed by atoms with Crippen molar-refractivity contribution in [1.82, 2.24) is 9.88 Å². The number of pyridine rings is 1. The molecule has 2 aliphatic rings. The van der Waals surface area contributed by atoms with Gasteiger partial charge in [-0.05, 0) is 48.7 Å². The van der Waals surface area contributed by atoms with Crippen LogP contribution in [0.5, 0.6) is 5.75 Å². The second kappa shape index (κ2) is 12.1. The van der Waals surface area contributed by atoms with Crippen molar-refractivity contribution in [2.45, 2.75) is 31.6 Å². The predicted octanol–water partition coefficient (Wildman–Crippen LogP) is 4.49. The van der Waals surface area contributed by atoms with Gasteiger partial charge in [0.1, 0.15) is 31.3 Å². The Morgan fingerprint density at radius 1 is 1.05 bits per heavy atom. The van der Waals surface area contributed by atoms with Crippen LogP contribution in [-0.2, 0) is 28.3 Å². The normalized spacial score (nSPS) is 16.9. The van der Waals surface area contributed by atoms with Crippen molar-refractivity contribution in [3.8, 4) is 5.75 Å². The molecule has 5 rings (SSSR count). The maximum Gasteiger partial charge on any atom is 0.159 e. The number of aliphatic hydroxyl groups excluding tert-OH is 1. The van der Waals surface area contributed by atoms with E-state index in [1.54, 1.807) is 18.3 Å². The Morgan fingerprint density at radius 3 is 2.62 bits per heavy atom. The van der Waals surface area contributed by atoms with Gasteiger partial charge in [0, 0.05) is 54.3 Å². The fourth-order valence-corrected chi connectivity index (χ4v) is 5.16. The molecule has 2 aromatic carbocycles. The fourth-order valence-electron chi connectivity index (χ4n) is 5.16. The summed E-state index contributed by atoms with van der Waals surface area (Å²) in [6, 6.07) is 10.8. The molecule has 0 aliphatic carbocycles. The quantitative estimate of drug-likeness (QED) is 0.232. The first kappa shape index (κ1) is 27.1. The molecule has 2 aliphatic heterocycles. The van der Waals surface area contributed by atoms with E-state index in [0.29, 0.717) is 24.5 Å². The van der Waals surface area contributed by atoms with Crippen molar-refractivity contribution in [1.29, 1.82) is 0 Å². The highest BCUT2D eigenvalue weighted by Crippen LogP contribution is 2.44. The SMILES string of the molecule is OCCON=C(c1ccc(F)c(F)c1)c1ccc(CN2CCC3(CC2)OCc2ccncc23)c(OCCF)c1. The highest BCUT2D eigenvalue weighted by atomic mass is 19.2. The topological polar surface area (TPSA) is 76.4 Å². The van der Waals surface area contributed by atoms with Crippen LogP contribution in [-0.4, -0.2) is 60.3 Å². The number of alkyl halides is 1. The molecule has 0 unspecified atom stereocenters. The average Bonchev–Trinajstić information content (AvgIpc) is 3.31. The van der Waals surface area contributed by atoms with Gasteiger partial charge >= 0.3 is 0 Å². The Hall–Kier alpha value is -3.47. The minimum atomic E-state index is -1.03. The molecule has 0 bridgehead atoms. The zero-order valence-electron chi connectivity index (χ0n) is 21.4. The van der Waals surface area contributed by atoms with Crippen LogP contribution in [0.15, 0.2) is 60.0 Å². The minimum absolute atomic E-state index is 0.0723. The molecule has 1 spiro atoms. The standard InChI is InChI=1S/C29H30F3N3O4/c30-8-13-37-27-16-21(28(34-39-14-12-36)20-3-4-25(31)26(32)15-20)1-2-22(27)18-35-10-6-29(7-11-35)24-17-33-9-5-23(24)19-38-29/h1-5,9,15-17,36H,6-8,10-14,18-19H2. The molecule has 0 radical (unpaired) electrons. The third kappa shape index (κ3) is 5.93. The largest absolute Gasteiger partial charge is 0.491 e. The van der Waals surface area contributed by atoms with Gasteiger partial charge in [0.2, 0.25) is 0 Å². The molecule has 1 aromatic heterocycles. The van der Waals surface area contributed by atoms with E-state index in [9.17, 15) is 13.2 Å². The number of likely N-dealkylation sites (tertiary alicyclic amines) is 1. The van der Waals surface area contributed by atoms with Gasteiger partial charge in [-0.2, -0.15) is 0 Å². The monoisotopic (exact) mass is 541 g/mol. The molecular weight excluding hydrogens is 511 g/mol. The Balaban J connectivity index is 1.37. The number of nitrogens with zero attached hydrogens (tertiary/aromatic N) is 3. The highest BCUT2D eigenvalue weighted by Gasteiger charge is 2.42. The van der Waals surface area contributed by atoms with Crippen molar-refractivity contribution in [3.63, 3.8) is 0 Å². The van der Waals surface area contributed by atoms with E-state index in [2.05, 4.69) is 15.0 Å². The molecule has 1 fully saturated rings. The molecule has 3 aromatic rings. The molecule has 0 atom stereocenters. The number of benzene rings is 2. The molecule has 10 heteroatoms. The fraction of sp³-hybridized carbons (Fsp3) is 0.379. The summed E-state index contributed by atoms with van der Waals surface area (Å²) in [4.78, 5) is 11.8. The summed E-state index contributed by atoms with van der Waals surface area (Å²) in [5.74, 6) is -1.54. The van der Waals surface area contributed by atoms with Gasteiger partial charge < -0.3 is 19.4 Å². The first-order valence-corrected chi connectivity index (χ1v) is 12.9. The van der Waals surface area contributed by atoms with E-state index in [0.717, 1.165) is 43.6 Å². The molecule has 206 valence electrons. The van der Waals surface area contributed by atoms with E-state index < -0.39 is 18.3 Å². The van der Waals surface area contributed by atoms with Crippen LogP contribution >= 0.6 is 0 Å². The second-order valence-corrected chi connectivity index (χ2v) is 9.58. The third-order valence-corrected chi connectivity index (χ3v) is 7.17. The molecule has 1 saturated heterocycles. The number of aliphatic hydroxyl groups is 1. The maximum absolute atomic E-state index is 14.0. The van der Waals surface area contributed by atoms with Crippen LogP contribution < -0.4 is 4.74 Å². The summed E-state index contributed by atoms with van der Waals surface area (Å²) in [5, 5.41) is 13.1. The van der Waals surface area contributed by atoms with E-state index in [4.69, 9.17) is 19.4 Å². The van der Waals surface area contributed by atoms with Gasteiger partial charge in [-0.15, -0.1) is 0 Å². The smallest absolute Gasteiger partial charge is 0.159 e. The van der Waals surface area contributed by atoms with E-state index in [-0.39, 0.29) is 36.7 Å². The van der Waals surface area contributed by atoms with Crippen LogP contribution in [0.2, 0.25) is 0 Å². The predicted molar refractivity (Wildman–Crippen MR) is 138 cm³/mol. The summed E-state index contributed by atoms with van der Waals surface area (Å²) in [5.41, 5.74) is 3.94. The summed E-state index contributed by atoms with van der Waals surface area (Å²) in [7, 11) is 0. The van der Waals surface area contributed by atoms with Crippen LogP contribution in [0, 0.1) is 11.6 Å². The van der Waals surface area contributed by atoms with Crippen LogP contribution in [0.4, 0.5) is 13.2 Å². The lowest BCUT2D eigenvalue weighted by atomic mass is 9.84. The maximum atomic E-state index is 14.0. The van der Waals surface area contributed by atoms with Crippen molar-refractivity contribution in [2.75, 3.05) is 39.6 Å². The first-order chi connectivity index (χ1) is 19.0. The van der Waals surface area contributed by atoms with Gasteiger partial charge in [0.25, 0.3) is 0 Å². The number of oxime groups is 1. The Morgan fingerprint density at radius 2 is 1.85 bits per heavy atom. The molecule has 7 nitrogen and oxygen atoms in total. The van der Waals surface area contributed by atoms with Gasteiger partial charge in [-0.3, -0.25) is 9.88 Å². The lowest BCUT2D eigenvalue weighted by Crippen LogP contribution is -2.42. The minimum Gasteiger partial charge on any atom is -0.491 e. The summed E-state index contributed by atoms with van der Waals surface area (Å²) >= 11 is 0. The zero-order valence-corrected chi connectivity index (χ0v) is 21.4. The lowest BCUT2D eigenvalue weighted by molar-refractivity contribution is -0.0800. The zero-order chi connectivity index (χ0) is 27.2. The molecule has 3 heterocycles. The Kier molecular flexibility index (Phi) is 8.44. The number of halogens is 3. The van der Waals surface area contributed by atoms with E-state index in [1.165, 1.54) is 17.2 Å². The number of piperidine rings is 1. The number of ether oxygens (including phenoxy) is 2. The van der Waals surface area contributed by atoms with E-state index in [1.807, 2.05) is 18.3 Å². The molecule has 39 heavy (non-hydrogen) atoms. The number of hydrogen-bond acceptors (Lipinski definition) is 7. The molecule has 1 N–H and O–H groups in total. The summed E-state index contributed by atoms with van der Waals surface area (Å²) in [6.07, 6.45) is 5.37. The van der Waals surface area contributed by atoms with Crippen LogP contribution in [0.1, 0.15) is 40.7 Å². The van der Waals surface area contributed by atoms with Crippen molar-refractivity contribution in [3.05, 3.63) is 94.3 Å². The molecule has 0 amide bonds. The third-order valence-electron chi connectivity index (χ3n) is 7.17. The van der Waals surface area contributed by atoms with Crippen molar-refractivity contribution < 1.29 is 32.6 Å². The summed E-state index contributed by atoms with van der Waals surface area (Å²) < 4.78 is 52.7. The van der Waals surface area contributed by atoms with Crippen LogP contribution in [0.25, 0.3) is 0 Å². The number of hydrogen-bond donors (Lipinski definition) is 1. The average molecular weight is 542 g/mol. The van der Waals surface area contributed by atoms with Gasteiger partial charge in [0.15, 0.2) is 11.6 Å². The Bertz CT molecular complexity index is 1330. The van der Waals surface area contributed by atoms with E-state index >= 15 is 0 Å². The second-order valence-electron chi connectivity index (χ2n) is 9.58. The van der Waals surface area contributed by atoms with Crippen LogP contribution in [0.3, 0.4) is 0 Å². The number of aromatic nitrogens is 1. The van der Waals surface area contributed by atoms with Gasteiger partial charge in [-0.1, -0.05) is 17.3 Å². The number of rotatable bonds is 10. The van der Waals surface area contributed by atoms with Gasteiger partial charge in [0.05, 0.1) is 18.8 Å². The molecule has 0 saturated carbocycles. The summed E-state index contributed by atoms with van der Waals surface area (Å²) in [6.45, 7) is 1.66. The van der Waals surface area contributed by atoms with Crippen molar-refractivity contribution >= 4 is 5.71 Å².